The Morgan fingerprint density at radius 2 is 1.16 bits per heavy atom. The van der Waals surface area contributed by atoms with Gasteiger partial charge < -0.3 is 18.0 Å². The van der Waals surface area contributed by atoms with E-state index in [0.717, 1.165) is 52.4 Å². The molecule has 326 valence electrons. The fourth-order valence-corrected chi connectivity index (χ4v) is 13.2. The van der Waals surface area contributed by atoms with Crippen LogP contribution in [0, 0.1) is 11.8 Å². The predicted molar refractivity (Wildman–Crippen MR) is 286 cm³/mol. The van der Waals surface area contributed by atoms with E-state index in [1.165, 1.54) is 93.1 Å². The number of hydrogen-bond donors (Lipinski definition) is 0. The number of benzene rings is 9. The van der Waals surface area contributed by atoms with E-state index in [2.05, 4.69) is 221 Å². The Hall–Kier alpha value is -8.34. The zero-order chi connectivity index (χ0) is 45.0. The first-order chi connectivity index (χ1) is 34.2. The average molecular weight is 885 g/mol. The minimum absolute atomic E-state index is 0.105. The van der Waals surface area contributed by atoms with Crippen LogP contribution in [0.2, 0.25) is 0 Å². The number of hydrogen-bond acceptors (Lipinski definition) is 2. The highest BCUT2D eigenvalue weighted by Gasteiger charge is 2.60. The topological polar surface area (TPSA) is 36.1 Å². The number of nitrogens with zero attached hydrogens (tertiary/aromatic N) is 2. The zero-order valence-electron chi connectivity index (χ0n) is 37.8. The molecular formula is C65H44N2O2. The molecule has 0 radical (unpaired) electrons. The molecule has 0 saturated heterocycles. The normalized spacial score (nSPS) is 19.4. The lowest BCUT2D eigenvalue weighted by Crippen LogP contribution is -2.24. The van der Waals surface area contributed by atoms with Crippen LogP contribution in [0.5, 0.6) is 0 Å². The van der Waals surface area contributed by atoms with Crippen molar-refractivity contribution in [2.45, 2.75) is 30.7 Å². The molecular weight excluding hydrogens is 841 g/mol. The van der Waals surface area contributed by atoms with Gasteiger partial charge in [-0.05, 0) is 113 Å². The van der Waals surface area contributed by atoms with E-state index in [9.17, 15) is 0 Å². The largest absolute Gasteiger partial charge is 0.456 e. The quantitative estimate of drug-likeness (QED) is 0.167. The van der Waals surface area contributed by atoms with Gasteiger partial charge in [-0.3, -0.25) is 0 Å². The van der Waals surface area contributed by atoms with Crippen LogP contribution in [0.3, 0.4) is 0 Å². The van der Waals surface area contributed by atoms with E-state index in [1.54, 1.807) is 0 Å². The Bertz CT molecular complexity index is 4450. The van der Waals surface area contributed by atoms with Crippen LogP contribution in [0.25, 0.3) is 110 Å². The molecule has 13 aromatic rings. The molecule has 4 aromatic heterocycles. The van der Waals surface area contributed by atoms with E-state index in [1.807, 2.05) is 0 Å². The van der Waals surface area contributed by atoms with Gasteiger partial charge in [0.05, 0.1) is 32.9 Å². The molecule has 0 N–H and O–H groups in total. The lowest BCUT2D eigenvalue weighted by molar-refractivity contribution is 0.529. The average Bonchev–Trinajstić information content (AvgIpc) is 3.65. The third kappa shape index (κ3) is 5.29. The number of aromatic nitrogens is 2. The zero-order valence-corrected chi connectivity index (χ0v) is 37.8. The summed E-state index contributed by atoms with van der Waals surface area (Å²) in [6.45, 7) is 0. The van der Waals surface area contributed by atoms with Gasteiger partial charge in [-0.2, -0.15) is 0 Å². The van der Waals surface area contributed by atoms with Gasteiger partial charge in [0.1, 0.15) is 22.3 Å². The van der Waals surface area contributed by atoms with Crippen LogP contribution in [-0.4, -0.2) is 9.13 Å². The van der Waals surface area contributed by atoms with Crippen molar-refractivity contribution < 1.29 is 8.83 Å². The van der Waals surface area contributed by atoms with Gasteiger partial charge in [0.2, 0.25) is 0 Å². The Balaban J connectivity index is 1.02. The molecule has 1 fully saturated rings. The Labute approximate surface area is 397 Å². The molecule has 4 nitrogen and oxygen atoms in total. The van der Waals surface area contributed by atoms with Crippen molar-refractivity contribution >= 4 is 110 Å². The van der Waals surface area contributed by atoms with Gasteiger partial charge in [0, 0.05) is 55.4 Å². The minimum Gasteiger partial charge on any atom is -0.456 e. The maximum absolute atomic E-state index is 6.69. The molecule has 9 aromatic carbocycles. The van der Waals surface area contributed by atoms with Gasteiger partial charge in [0.15, 0.2) is 0 Å². The van der Waals surface area contributed by atoms with Crippen LogP contribution in [0.1, 0.15) is 35.4 Å². The van der Waals surface area contributed by atoms with E-state index in [0.29, 0.717) is 5.92 Å². The smallest absolute Gasteiger partial charge is 0.137 e. The highest BCUT2D eigenvalue weighted by molar-refractivity contribution is 6.26. The van der Waals surface area contributed by atoms with Gasteiger partial charge in [0.25, 0.3) is 0 Å². The first kappa shape index (κ1) is 37.7. The third-order valence-corrected chi connectivity index (χ3v) is 16.3. The summed E-state index contributed by atoms with van der Waals surface area (Å²) < 4.78 is 18.8. The summed E-state index contributed by atoms with van der Waals surface area (Å²) in [6.07, 6.45) is 13.2. The first-order valence-electron chi connectivity index (χ1n) is 24.5. The number of rotatable bonds is 6. The fourth-order valence-electron chi connectivity index (χ4n) is 13.2. The lowest BCUT2D eigenvalue weighted by atomic mass is 9.76. The number of furan rings is 2. The molecule has 1 saturated carbocycles. The van der Waals surface area contributed by atoms with Crippen molar-refractivity contribution in [2.24, 2.45) is 11.8 Å². The van der Waals surface area contributed by atoms with Crippen molar-refractivity contribution in [3.8, 4) is 0 Å². The van der Waals surface area contributed by atoms with Gasteiger partial charge in [-0.1, -0.05) is 158 Å². The van der Waals surface area contributed by atoms with Crippen molar-refractivity contribution in [3.05, 3.63) is 229 Å². The van der Waals surface area contributed by atoms with E-state index < -0.39 is 0 Å². The molecule has 3 aliphatic carbocycles. The molecule has 0 bridgehead atoms. The molecule has 4 atom stereocenters. The Kier molecular flexibility index (Phi) is 7.58. The maximum atomic E-state index is 6.69. The maximum Gasteiger partial charge on any atom is 0.137 e. The van der Waals surface area contributed by atoms with Crippen molar-refractivity contribution in [1.82, 2.24) is 9.13 Å². The van der Waals surface area contributed by atoms with Crippen LogP contribution in [0.15, 0.2) is 221 Å². The highest BCUT2D eigenvalue weighted by atomic mass is 16.3. The molecule has 0 amide bonds. The van der Waals surface area contributed by atoms with Crippen LogP contribution in [-0.2, 0) is 12.0 Å². The van der Waals surface area contributed by atoms with Crippen molar-refractivity contribution in [2.75, 3.05) is 0 Å². The third-order valence-electron chi connectivity index (χ3n) is 16.3. The molecule has 3 aliphatic rings. The van der Waals surface area contributed by atoms with Gasteiger partial charge >= 0.3 is 0 Å². The second-order valence-electron chi connectivity index (χ2n) is 19.9. The summed E-state index contributed by atoms with van der Waals surface area (Å²) in [5.41, 5.74) is 15.0. The lowest BCUT2D eigenvalue weighted by Gasteiger charge is -2.32. The van der Waals surface area contributed by atoms with Crippen molar-refractivity contribution in [3.63, 3.8) is 0 Å². The fraction of sp³-hybridized carbons (Fsp3) is 0.108. The summed E-state index contributed by atoms with van der Waals surface area (Å²) in [7, 11) is 0. The molecule has 69 heavy (non-hydrogen) atoms. The monoisotopic (exact) mass is 884 g/mol. The standard InChI is InChI=1S/C65H44N2O2/c1-3-15-42-33-39(25-26-40(42)13-1)34-52(44-28-27-41-14-2-4-16-43(41)35-44)45-36-56(66-54-21-9-5-17-46(54)48-29-31-59-61(63(48)66)50-19-7-11-23-57(50)68-59)53-38-65(53,37-45)67-55-22-10-6-18-47(55)49-30-32-60-62(64(49)67)51-20-8-12-24-58(51)69-60/h1-32,35-37,39,52-53H,33-34,38H2. The van der Waals surface area contributed by atoms with Gasteiger partial charge in [-0.15, -0.1) is 0 Å². The second kappa shape index (κ2) is 13.9. The minimum atomic E-state index is -0.387. The van der Waals surface area contributed by atoms with Crippen molar-refractivity contribution in [1.29, 1.82) is 0 Å². The first-order valence-corrected chi connectivity index (χ1v) is 24.5. The summed E-state index contributed by atoms with van der Waals surface area (Å²) in [5, 5.41) is 12.2. The summed E-state index contributed by atoms with van der Waals surface area (Å²) in [5.74, 6) is 0.630. The van der Waals surface area contributed by atoms with E-state index in [4.69, 9.17) is 8.83 Å². The highest BCUT2D eigenvalue weighted by Crippen LogP contribution is 2.64. The van der Waals surface area contributed by atoms with Gasteiger partial charge in [-0.25, -0.2) is 0 Å². The van der Waals surface area contributed by atoms with E-state index >= 15 is 0 Å². The Morgan fingerprint density at radius 3 is 1.94 bits per heavy atom. The number of allylic oxidation sites excluding steroid dienone is 5. The second-order valence-corrected chi connectivity index (χ2v) is 19.9. The molecule has 0 aliphatic heterocycles. The van der Waals surface area contributed by atoms with Crippen LogP contribution in [0.4, 0.5) is 0 Å². The number of fused-ring (bicyclic) bond motifs is 17. The SMILES string of the molecule is C1=CC(CC(C2=CC3(n4c5ccccc5c5ccc6oc7ccccc7c6c54)CC3C(n3c4ccccc4c4ccc5oc6ccccc6c5c43)=C2)c2ccc3ccccc3c2)Cc2ccccc21. The van der Waals surface area contributed by atoms with Crippen LogP contribution >= 0.6 is 0 Å². The van der Waals surface area contributed by atoms with E-state index in [-0.39, 0.29) is 17.4 Å². The summed E-state index contributed by atoms with van der Waals surface area (Å²) >= 11 is 0. The van der Waals surface area contributed by atoms with Crippen LogP contribution < -0.4 is 0 Å². The summed E-state index contributed by atoms with van der Waals surface area (Å²) in [6, 6.07) is 69.2. The molecule has 4 heterocycles. The molecule has 4 heteroatoms. The Morgan fingerprint density at radius 1 is 0.536 bits per heavy atom. The number of para-hydroxylation sites is 4. The summed E-state index contributed by atoms with van der Waals surface area (Å²) in [4.78, 5) is 0. The molecule has 16 rings (SSSR count). The predicted octanol–water partition coefficient (Wildman–Crippen LogP) is 17.1. The molecule has 4 unspecified atom stereocenters. The molecule has 0 spiro atoms.